The van der Waals surface area contributed by atoms with Crippen molar-refractivity contribution < 1.29 is 14.3 Å². The Bertz CT molecular complexity index is 703. The highest BCUT2D eigenvalue weighted by atomic mass is 16.5. The molecular formula is C21H26N2O3. The Labute approximate surface area is 154 Å². The Hall–Kier alpha value is -2.53. The third-order valence-corrected chi connectivity index (χ3v) is 4.81. The van der Waals surface area contributed by atoms with Gasteiger partial charge in [0, 0.05) is 31.5 Å². The van der Waals surface area contributed by atoms with E-state index in [1.165, 1.54) is 5.56 Å². The maximum atomic E-state index is 12.5. The maximum Gasteiger partial charge on any atom is 0.222 e. The van der Waals surface area contributed by atoms with Gasteiger partial charge in [-0.15, -0.1) is 0 Å². The predicted octanol–water partition coefficient (Wildman–Crippen LogP) is 2.81. The Kier molecular flexibility index (Phi) is 6.12. The van der Waals surface area contributed by atoms with Gasteiger partial charge in [-0.05, 0) is 36.2 Å². The van der Waals surface area contributed by atoms with Crippen LogP contribution in [0.1, 0.15) is 24.3 Å². The van der Waals surface area contributed by atoms with Crippen molar-refractivity contribution in [3.63, 3.8) is 0 Å². The second kappa shape index (κ2) is 8.72. The van der Waals surface area contributed by atoms with Gasteiger partial charge in [0.15, 0.2) is 0 Å². The Morgan fingerprint density at radius 1 is 1.08 bits per heavy atom. The van der Waals surface area contributed by atoms with Crippen LogP contribution in [0.5, 0.6) is 11.5 Å². The Morgan fingerprint density at radius 2 is 1.77 bits per heavy atom. The van der Waals surface area contributed by atoms with Crippen molar-refractivity contribution in [3.05, 3.63) is 60.2 Å². The normalized spacial score (nSPS) is 19.4. The third-order valence-electron chi connectivity index (χ3n) is 4.81. The number of hydrogen-bond donors (Lipinski definition) is 1. The minimum absolute atomic E-state index is 0.00287. The highest BCUT2D eigenvalue weighted by Crippen LogP contribution is 2.27. The van der Waals surface area contributed by atoms with Gasteiger partial charge in [-0.3, -0.25) is 4.79 Å². The predicted molar refractivity (Wildman–Crippen MR) is 101 cm³/mol. The fraction of sp³-hybridized carbons (Fsp3) is 0.381. The van der Waals surface area contributed by atoms with Crippen LogP contribution in [0.3, 0.4) is 0 Å². The number of nitrogens with two attached hydrogens (primary N) is 1. The highest BCUT2D eigenvalue weighted by molar-refractivity contribution is 5.76. The zero-order chi connectivity index (χ0) is 18.4. The third kappa shape index (κ3) is 4.55. The molecule has 3 rings (SSSR count). The molecule has 1 fully saturated rings. The summed E-state index contributed by atoms with van der Waals surface area (Å²) in [7, 11) is 1.63. The van der Waals surface area contributed by atoms with Crippen molar-refractivity contribution >= 4 is 5.91 Å². The van der Waals surface area contributed by atoms with Crippen molar-refractivity contribution in [3.8, 4) is 11.5 Å². The first-order valence-electron chi connectivity index (χ1n) is 9.02. The van der Waals surface area contributed by atoms with E-state index in [9.17, 15) is 4.79 Å². The van der Waals surface area contributed by atoms with E-state index < -0.39 is 0 Å². The summed E-state index contributed by atoms with van der Waals surface area (Å²) in [6, 6.07) is 17.6. The molecule has 1 amide bonds. The van der Waals surface area contributed by atoms with Crippen molar-refractivity contribution in [2.75, 3.05) is 26.8 Å². The second-order valence-corrected chi connectivity index (χ2v) is 6.61. The molecule has 2 aromatic carbocycles. The van der Waals surface area contributed by atoms with E-state index in [-0.39, 0.29) is 17.9 Å². The van der Waals surface area contributed by atoms with Crippen LogP contribution in [0.2, 0.25) is 0 Å². The highest BCUT2D eigenvalue weighted by Gasteiger charge is 2.33. The molecule has 138 valence electrons. The molecule has 2 aromatic rings. The smallest absolute Gasteiger partial charge is 0.222 e. The van der Waals surface area contributed by atoms with Crippen LogP contribution >= 0.6 is 0 Å². The number of carbonyl (C=O) groups is 1. The average Bonchev–Trinajstić information content (AvgIpc) is 3.08. The molecule has 0 radical (unpaired) electrons. The Balaban J connectivity index is 1.42. The molecule has 5 nitrogen and oxygen atoms in total. The largest absolute Gasteiger partial charge is 0.497 e. The monoisotopic (exact) mass is 354 g/mol. The summed E-state index contributed by atoms with van der Waals surface area (Å²) >= 11 is 0. The van der Waals surface area contributed by atoms with Crippen molar-refractivity contribution in [1.29, 1.82) is 0 Å². The summed E-state index contributed by atoms with van der Waals surface area (Å²) in [5.74, 6) is 1.95. The fourth-order valence-corrected chi connectivity index (χ4v) is 3.33. The van der Waals surface area contributed by atoms with Crippen molar-refractivity contribution in [1.82, 2.24) is 4.90 Å². The quantitative estimate of drug-likeness (QED) is 0.777. The minimum atomic E-state index is -0.00287. The van der Waals surface area contributed by atoms with E-state index in [2.05, 4.69) is 12.1 Å². The molecule has 1 saturated heterocycles. The van der Waals surface area contributed by atoms with Crippen LogP contribution in [0.15, 0.2) is 54.6 Å². The number of likely N-dealkylation sites (tertiary alicyclic amines) is 1. The molecule has 0 bridgehead atoms. The van der Waals surface area contributed by atoms with E-state index in [0.717, 1.165) is 11.5 Å². The lowest BCUT2D eigenvalue weighted by atomic mass is 9.95. The molecule has 26 heavy (non-hydrogen) atoms. The van der Waals surface area contributed by atoms with E-state index in [0.29, 0.717) is 32.5 Å². The van der Waals surface area contributed by atoms with Gasteiger partial charge in [-0.25, -0.2) is 0 Å². The summed E-state index contributed by atoms with van der Waals surface area (Å²) in [5.41, 5.74) is 7.47. The van der Waals surface area contributed by atoms with Crippen LogP contribution in [0.25, 0.3) is 0 Å². The van der Waals surface area contributed by atoms with Crippen LogP contribution in [-0.2, 0) is 4.79 Å². The number of amides is 1. The van der Waals surface area contributed by atoms with Gasteiger partial charge in [0.1, 0.15) is 11.5 Å². The number of methoxy groups -OCH3 is 1. The lowest BCUT2D eigenvalue weighted by Crippen LogP contribution is -2.32. The molecule has 1 heterocycles. The molecule has 5 heteroatoms. The lowest BCUT2D eigenvalue weighted by Gasteiger charge is -2.16. The van der Waals surface area contributed by atoms with Crippen molar-refractivity contribution in [2.24, 2.45) is 5.73 Å². The molecule has 0 saturated carbocycles. The van der Waals surface area contributed by atoms with Crippen molar-refractivity contribution in [2.45, 2.75) is 24.8 Å². The molecule has 2 atom stereocenters. The molecule has 0 aliphatic carbocycles. The van der Waals surface area contributed by atoms with Gasteiger partial charge in [-0.2, -0.15) is 0 Å². The van der Waals surface area contributed by atoms with E-state index in [1.807, 2.05) is 47.4 Å². The van der Waals surface area contributed by atoms with Crippen LogP contribution in [0, 0.1) is 0 Å². The second-order valence-electron chi connectivity index (χ2n) is 6.61. The summed E-state index contributed by atoms with van der Waals surface area (Å²) in [6.45, 7) is 1.83. The molecule has 1 aliphatic heterocycles. The average molecular weight is 354 g/mol. The SMILES string of the molecule is COc1ccc(OCCCC(=O)N2C[C@@H](N)[C@H](c3ccccc3)C2)cc1. The van der Waals surface area contributed by atoms with Gasteiger partial charge in [0.25, 0.3) is 0 Å². The number of carbonyl (C=O) groups excluding carboxylic acids is 1. The standard InChI is InChI=1S/C21H26N2O3/c1-25-17-9-11-18(12-10-17)26-13-5-8-21(24)23-14-19(20(22)15-23)16-6-3-2-4-7-16/h2-4,6-7,9-12,19-20H,5,8,13-15,22H2,1H3/t19-,20+/m0/s1. The first-order chi connectivity index (χ1) is 12.7. The van der Waals surface area contributed by atoms with Gasteiger partial charge in [-0.1, -0.05) is 30.3 Å². The van der Waals surface area contributed by atoms with Gasteiger partial charge >= 0.3 is 0 Å². The van der Waals surface area contributed by atoms with E-state index in [4.69, 9.17) is 15.2 Å². The zero-order valence-electron chi connectivity index (χ0n) is 15.1. The van der Waals surface area contributed by atoms with Gasteiger partial charge < -0.3 is 20.1 Å². The molecular weight excluding hydrogens is 328 g/mol. The van der Waals surface area contributed by atoms with Gasteiger partial charge in [0.2, 0.25) is 5.91 Å². The molecule has 0 spiro atoms. The summed E-state index contributed by atoms with van der Waals surface area (Å²) in [6.07, 6.45) is 1.16. The number of ether oxygens (including phenoxy) is 2. The number of rotatable bonds is 7. The number of hydrogen-bond acceptors (Lipinski definition) is 4. The zero-order valence-corrected chi connectivity index (χ0v) is 15.1. The number of benzene rings is 2. The molecule has 0 unspecified atom stereocenters. The first kappa shape index (κ1) is 18.3. The van der Waals surface area contributed by atoms with Crippen LogP contribution < -0.4 is 15.2 Å². The summed E-state index contributed by atoms with van der Waals surface area (Å²) in [5, 5.41) is 0. The molecule has 2 N–H and O–H groups in total. The molecule has 1 aliphatic rings. The Morgan fingerprint density at radius 3 is 2.46 bits per heavy atom. The number of nitrogens with zero attached hydrogens (tertiary/aromatic N) is 1. The van der Waals surface area contributed by atoms with Crippen LogP contribution in [0.4, 0.5) is 0 Å². The molecule has 0 aromatic heterocycles. The summed E-state index contributed by atoms with van der Waals surface area (Å²) < 4.78 is 10.8. The van der Waals surface area contributed by atoms with Crippen LogP contribution in [-0.4, -0.2) is 43.7 Å². The summed E-state index contributed by atoms with van der Waals surface area (Å²) in [4.78, 5) is 14.3. The van der Waals surface area contributed by atoms with E-state index in [1.54, 1.807) is 7.11 Å². The fourth-order valence-electron chi connectivity index (χ4n) is 3.33. The lowest BCUT2D eigenvalue weighted by molar-refractivity contribution is -0.130. The van der Waals surface area contributed by atoms with Gasteiger partial charge in [0.05, 0.1) is 13.7 Å². The topological polar surface area (TPSA) is 64.8 Å². The van der Waals surface area contributed by atoms with E-state index >= 15 is 0 Å². The minimum Gasteiger partial charge on any atom is -0.497 e. The first-order valence-corrected chi connectivity index (χ1v) is 9.02. The maximum absolute atomic E-state index is 12.5.